The van der Waals surface area contributed by atoms with Crippen molar-refractivity contribution < 1.29 is 37.9 Å². The van der Waals surface area contributed by atoms with Gasteiger partial charge in [0.25, 0.3) is 0 Å². The number of morpholine rings is 8. The van der Waals surface area contributed by atoms with E-state index in [1.807, 2.05) is 0 Å². The van der Waals surface area contributed by atoms with Gasteiger partial charge >= 0.3 is 0 Å². The lowest BCUT2D eigenvalue weighted by Crippen LogP contribution is -2.47. The highest BCUT2D eigenvalue weighted by Crippen LogP contribution is 2.04. The molecule has 8 aliphatic heterocycles. The third kappa shape index (κ3) is 34.2. The molecule has 8 rings (SSSR count). The molecule has 0 spiro atoms. The van der Waals surface area contributed by atoms with Gasteiger partial charge in [0.1, 0.15) is 0 Å². The lowest BCUT2D eigenvalue weighted by atomic mass is 10.2. The van der Waals surface area contributed by atoms with Crippen LogP contribution in [0.2, 0.25) is 0 Å². The van der Waals surface area contributed by atoms with Gasteiger partial charge in [0.15, 0.2) is 0 Å². The fraction of sp³-hybridized carbons (Fsp3) is 0.980. The fourth-order valence-corrected chi connectivity index (χ4v) is 7.91. The summed E-state index contributed by atoms with van der Waals surface area (Å²) >= 11 is 0. The Morgan fingerprint density at radius 2 is 0.727 bits per heavy atom. The summed E-state index contributed by atoms with van der Waals surface area (Å²) in [6.45, 7) is 50.9. The van der Waals surface area contributed by atoms with Crippen molar-refractivity contribution in [2.24, 2.45) is 5.92 Å². The van der Waals surface area contributed by atoms with E-state index in [2.05, 4.69) is 93.9 Å². The largest absolute Gasteiger partial charge is 0.379 e. The van der Waals surface area contributed by atoms with Gasteiger partial charge in [0.2, 0.25) is 0 Å². The monoisotopic (exact) mass is 944 g/mol. The van der Waals surface area contributed by atoms with Gasteiger partial charge in [-0.25, -0.2) is 0 Å². The first-order chi connectivity index (χ1) is 32.2. The van der Waals surface area contributed by atoms with Gasteiger partial charge in [0, 0.05) is 130 Å². The van der Waals surface area contributed by atoms with Gasteiger partial charge in [-0.05, 0) is 46.3 Å². The summed E-state index contributed by atoms with van der Waals surface area (Å²) in [6, 6.07) is 2.82. The van der Waals surface area contributed by atoms with Crippen molar-refractivity contribution in [1.82, 2.24) is 39.2 Å². The zero-order valence-electron chi connectivity index (χ0n) is 43.5. The molecule has 17 nitrogen and oxygen atoms in total. The molecule has 8 aliphatic rings. The summed E-state index contributed by atoms with van der Waals surface area (Å²) in [4.78, 5) is 19.2. The summed E-state index contributed by atoms with van der Waals surface area (Å²) < 4.78 is 41.7. The van der Waals surface area contributed by atoms with E-state index < -0.39 is 0 Å². The number of hydrogen-bond acceptors (Lipinski definition) is 17. The van der Waals surface area contributed by atoms with Crippen LogP contribution in [0.25, 0.3) is 0 Å². The van der Waals surface area contributed by atoms with Crippen LogP contribution in [0.5, 0.6) is 0 Å². The maximum Gasteiger partial charge on any atom is 0.0635 e. The molecule has 8 fully saturated rings. The molecule has 0 amide bonds. The maximum absolute atomic E-state index is 8.29. The van der Waals surface area contributed by atoms with Crippen LogP contribution in [-0.2, 0) is 37.9 Å². The number of likely N-dealkylation sites (N-methyl/N-ethyl adjacent to an activating group) is 2. The Labute approximate surface area is 404 Å². The Morgan fingerprint density at radius 1 is 0.409 bits per heavy atom. The molecule has 0 aromatic rings. The molecule has 8 saturated heterocycles. The van der Waals surface area contributed by atoms with Crippen molar-refractivity contribution in [2.45, 2.75) is 60.4 Å². The fourth-order valence-electron chi connectivity index (χ4n) is 7.91. The standard InChI is InChI=1S/C9H18N2O2.C8H17NO.C7H12N2O.2C7H15NO.C6H13NO.C5H11NO/c1-5-12-6-2-10(1)9-11-3-7-13-8-4-11;1-8(2)7-9-3-5-10-6-4-9;8-2-1-3-9-4-6-10-7-5-9;1-7(2)8-3-5-9-6-4-8;1-2-3-8-4-6-9-7-5-8;1-2-7-3-5-8-6-4-7;1-6-2-4-7-5-3-6/h1-9H2;8H,3-7H2,1-2H3;1,3-7H2;7H,3-6H2,1-2H3;2-7H2,1H3;2-6H2,1H3;2-5H2,1H3. The van der Waals surface area contributed by atoms with Gasteiger partial charge in [-0.3, -0.25) is 34.3 Å². The number of nitrogens with zero attached hydrogens (tertiary/aromatic N) is 9. The minimum Gasteiger partial charge on any atom is -0.379 e. The number of hydrogen-bond donors (Lipinski definition) is 0. The summed E-state index contributed by atoms with van der Waals surface area (Å²) in [7, 11) is 2.11. The molecule has 66 heavy (non-hydrogen) atoms. The van der Waals surface area contributed by atoms with E-state index in [0.717, 1.165) is 230 Å². The van der Waals surface area contributed by atoms with Crippen LogP contribution >= 0.6 is 0 Å². The van der Waals surface area contributed by atoms with Crippen molar-refractivity contribution in [3.05, 3.63) is 0 Å². The minimum absolute atomic E-state index is 0.639. The molecular weight excluding hydrogens is 843 g/mol. The molecule has 0 atom stereocenters. The van der Waals surface area contributed by atoms with E-state index in [9.17, 15) is 0 Å². The topological polar surface area (TPSA) is 124 Å². The van der Waals surface area contributed by atoms with Gasteiger partial charge in [-0.15, -0.1) is 0 Å². The quantitative estimate of drug-likeness (QED) is 0.319. The Kier molecular flexibility index (Phi) is 39.5. The Bertz CT molecular complexity index is 1050. The number of ether oxygens (including phenoxy) is 8. The predicted octanol–water partition coefficient (Wildman–Crippen LogP) is 2.56. The molecule has 0 aliphatic carbocycles. The first-order valence-electron chi connectivity index (χ1n) is 26.0. The average molecular weight is 944 g/mol. The molecule has 0 aromatic heterocycles. The van der Waals surface area contributed by atoms with E-state index in [1.54, 1.807) is 0 Å². The van der Waals surface area contributed by atoms with Crippen LogP contribution in [0, 0.1) is 17.2 Å². The number of rotatable bonds is 10. The lowest BCUT2D eigenvalue weighted by molar-refractivity contribution is -0.0229. The van der Waals surface area contributed by atoms with Crippen LogP contribution in [0.1, 0.15) is 54.4 Å². The van der Waals surface area contributed by atoms with Gasteiger partial charge in [-0.1, -0.05) is 27.7 Å². The lowest BCUT2D eigenvalue weighted by Gasteiger charge is -2.34. The number of nitriles is 1. The minimum atomic E-state index is 0.639. The van der Waals surface area contributed by atoms with Crippen molar-refractivity contribution in [2.75, 3.05) is 250 Å². The van der Waals surface area contributed by atoms with E-state index in [1.165, 1.54) is 26.1 Å². The molecule has 0 N–H and O–H groups in total. The molecule has 0 radical (unpaired) electrons. The second kappa shape index (κ2) is 42.7. The highest BCUT2D eigenvalue weighted by molar-refractivity contribution is 4.73. The highest BCUT2D eigenvalue weighted by atomic mass is 16.5. The van der Waals surface area contributed by atoms with Crippen LogP contribution in [0.15, 0.2) is 0 Å². The molecular formula is C49H101N9O8. The van der Waals surface area contributed by atoms with E-state index in [4.69, 9.17) is 43.2 Å². The highest BCUT2D eigenvalue weighted by Gasteiger charge is 2.17. The van der Waals surface area contributed by atoms with E-state index >= 15 is 0 Å². The van der Waals surface area contributed by atoms with E-state index in [-0.39, 0.29) is 0 Å². The van der Waals surface area contributed by atoms with E-state index in [0.29, 0.717) is 12.5 Å². The Morgan fingerprint density at radius 3 is 1.00 bits per heavy atom. The zero-order valence-corrected chi connectivity index (χ0v) is 43.5. The third-order valence-corrected chi connectivity index (χ3v) is 12.2. The van der Waals surface area contributed by atoms with Gasteiger partial charge < -0.3 is 42.8 Å². The van der Waals surface area contributed by atoms with Gasteiger partial charge in [-0.2, -0.15) is 5.26 Å². The van der Waals surface area contributed by atoms with Gasteiger partial charge in [0.05, 0.1) is 118 Å². The Balaban J connectivity index is 0.000000267. The van der Waals surface area contributed by atoms with Crippen molar-refractivity contribution in [3.63, 3.8) is 0 Å². The first-order valence-corrected chi connectivity index (χ1v) is 26.0. The van der Waals surface area contributed by atoms with Crippen LogP contribution < -0.4 is 0 Å². The molecule has 0 saturated carbocycles. The molecule has 8 heterocycles. The normalized spacial score (nSPS) is 23.6. The van der Waals surface area contributed by atoms with Crippen LogP contribution in [0.4, 0.5) is 0 Å². The first kappa shape index (κ1) is 61.0. The molecule has 390 valence electrons. The smallest absolute Gasteiger partial charge is 0.0635 e. The zero-order chi connectivity index (χ0) is 47.7. The van der Waals surface area contributed by atoms with Crippen molar-refractivity contribution in [1.29, 1.82) is 5.26 Å². The summed E-state index contributed by atoms with van der Waals surface area (Å²) in [5.41, 5.74) is 0. The van der Waals surface area contributed by atoms with Crippen LogP contribution in [0.3, 0.4) is 0 Å². The molecule has 0 aromatic carbocycles. The van der Waals surface area contributed by atoms with Crippen LogP contribution in [-0.4, -0.2) is 296 Å². The third-order valence-electron chi connectivity index (χ3n) is 12.2. The summed E-state index contributed by atoms with van der Waals surface area (Å²) in [5, 5.41) is 8.29. The molecule has 17 heteroatoms. The second-order valence-corrected chi connectivity index (χ2v) is 18.4. The molecule has 0 unspecified atom stereocenters. The summed E-state index contributed by atoms with van der Waals surface area (Å²) in [6.07, 6.45) is 1.90. The molecule has 0 bridgehead atoms. The second-order valence-electron chi connectivity index (χ2n) is 18.4. The maximum atomic E-state index is 8.29. The van der Waals surface area contributed by atoms with Crippen molar-refractivity contribution >= 4 is 0 Å². The summed E-state index contributed by atoms with van der Waals surface area (Å²) in [5.74, 6) is 0.790. The Hall–Kier alpha value is -1.15. The van der Waals surface area contributed by atoms with Crippen molar-refractivity contribution in [3.8, 4) is 6.07 Å². The SMILES string of the molecule is C1CN(CN2CCOCC2)CCO1.CC(C)CN1CCOCC1.CC(C)N1CCOCC1.CCCN1CCOCC1.CCN1CCOCC1.CN1CCOCC1.N#CCCN1CCOCC1. The average Bonchev–Trinajstić information content (AvgIpc) is 3.37. The predicted molar refractivity (Wildman–Crippen MR) is 266 cm³/mol.